The number of methoxy groups -OCH3 is 2. The number of oxime groups is 1. The molecule has 0 saturated heterocycles. The van der Waals surface area contributed by atoms with Gasteiger partial charge < -0.3 is 19.0 Å². The van der Waals surface area contributed by atoms with Crippen molar-refractivity contribution in [3.63, 3.8) is 0 Å². The molecule has 1 aromatic heterocycles. The number of rotatable bonds is 8. The molecule has 0 aliphatic carbocycles. The van der Waals surface area contributed by atoms with Crippen LogP contribution in [0, 0.1) is 6.92 Å². The lowest BCUT2D eigenvalue weighted by Crippen LogP contribution is -2.20. The maximum atomic E-state index is 12.1. The van der Waals surface area contributed by atoms with E-state index in [-0.39, 0.29) is 12.3 Å². The molecule has 0 amide bonds. The van der Waals surface area contributed by atoms with E-state index in [0.29, 0.717) is 11.4 Å². The highest BCUT2D eigenvalue weighted by Gasteiger charge is 2.21. The predicted molar refractivity (Wildman–Crippen MR) is 116 cm³/mol. The molecule has 1 heterocycles. The van der Waals surface area contributed by atoms with Crippen molar-refractivity contribution in [2.45, 2.75) is 13.5 Å². The molecular weight excluding hydrogens is 398 g/mol. The molecule has 3 rings (SSSR count). The third kappa shape index (κ3) is 4.69. The normalized spacial score (nSPS) is 11.2. The molecule has 0 spiro atoms. The molecule has 0 bridgehead atoms. The van der Waals surface area contributed by atoms with Gasteiger partial charge in [-0.1, -0.05) is 29.4 Å². The lowest BCUT2D eigenvalue weighted by atomic mass is 10.0. The fourth-order valence-electron chi connectivity index (χ4n) is 3.25. The van der Waals surface area contributed by atoms with Crippen LogP contribution in [-0.2, 0) is 28.0 Å². The minimum Gasteiger partial charge on any atom is -0.497 e. The summed E-state index contributed by atoms with van der Waals surface area (Å²) in [6.07, 6.45) is 0. The summed E-state index contributed by atoms with van der Waals surface area (Å²) < 4.78 is 17.9. The van der Waals surface area contributed by atoms with E-state index < -0.39 is 5.97 Å². The zero-order chi connectivity index (χ0) is 22.4. The number of nitrogens with zero attached hydrogens (tertiary/aromatic N) is 3. The molecule has 0 atom stereocenters. The van der Waals surface area contributed by atoms with Gasteiger partial charge in [0.25, 0.3) is 0 Å². The van der Waals surface area contributed by atoms with Crippen molar-refractivity contribution in [2.75, 3.05) is 21.3 Å². The lowest BCUT2D eigenvalue weighted by molar-refractivity contribution is -0.132. The Bertz CT molecular complexity index is 1090. The van der Waals surface area contributed by atoms with E-state index in [9.17, 15) is 4.79 Å². The highest BCUT2D eigenvalue weighted by Crippen LogP contribution is 2.31. The standard InChI is InChI=1S/C23H25N3O5/c1-15-20(16-10-12-18(28-3)13-11-16)24-26(2)22(15)31-14-17-8-6-7-9-19(17)21(25-30-5)23(27)29-4/h6-13H,14H2,1-5H3/b25-21+. The van der Waals surface area contributed by atoms with Crippen LogP contribution in [0.2, 0.25) is 0 Å². The van der Waals surface area contributed by atoms with Gasteiger partial charge in [-0.2, -0.15) is 5.10 Å². The van der Waals surface area contributed by atoms with Gasteiger partial charge in [0.1, 0.15) is 19.5 Å². The fourth-order valence-corrected chi connectivity index (χ4v) is 3.25. The van der Waals surface area contributed by atoms with Crippen molar-refractivity contribution in [1.82, 2.24) is 9.78 Å². The summed E-state index contributed by atoms with van der Waals surface area (Å²) >= 11 is 0. The Kier molecular flexibility index (Phi) is 6.92. The summed E-state index contributed by atoms with van der Waals surface area (Å²) in [4.78, 5) is 17.0. The molecule has 2 aromatic carbocycles. The molecule has 0 fully saturated rings. The Morgan fingerprint density at radius 2 is 1.77 bits per heavy atom. The molecule has 0 radical (unpaired) electrons. The number of hydrogen-bond donors (Lipinski definition) is 0. The molecule has 162 valence electrons. The second kappa shape index (κ2) is 9.80. The quantitative estimate of drug-likeness (QED) is 0.313. The van der Waals surface area contributed by atoms with Crippen LogP contribution >= 0.6 is 0 Å². The number of benzene rings is 2. The maximum absolute atomic E-state index is 12.1. The van der Waals surface area contributed by atoms with Crippen molar-refractivity contribution < 1.29 is 23.8 Å². The lowest BCUT2D eigenvalue weighted by Gasteiger charge is -2.12. The summed E-state index contributed by atoms with van der Waals surface area (Å²) in [5, 5.41) is 8.44. The van der Waals surface area contributed by atoms with Gasteiger partial charge in [0.05, 0.1) is 19.9 Å². The number of aryl methyl sites for hydroxylation is 1. The van der Waals surface area contributed by atoms with Gasteiger partial charge in [0.2, 0.25) is 5.88 Å². The Morgan fingerprint density at radius 1 is 1.06 bits per heavy atom. The van der Waals surface area contributed by atoms with Crippen molar-refractivity contribution in [3.05, 3.63) is 65.2 Å². The second-order valence-electron chi connectivity index (χ2n) is 6.69. The van der Waals surface area contributed by atoms with Gasteiger partial charge in [0.15, 0.2) is 5.71 Å². The van der Waals surface area contributed by atoms with Crippen molar-refractivity contribution >= 4 is 11.7 Å². The smallest absolute Gasteiger partial charge is 0.360 e. The maximum Gasteiger partial charge on any atom is 0.360 e. The van der Waals surface area contributed by atoms with Gasteiger partial charge in [-0.05, 0) is 36.8 Å². The third-order valence-electron chi connectivity index (χ3n) is 4.78. The van der Waals surface area contributed by atoms with Crippen molar-refractivity contribution in [3.8, 4) is 22.9 Å². The van der Waals surface area contributed by atoms with Gasteiger partial charge >= 0.3 is 5.97 Å². The number of aromatic nitrogens is 2. The Hall–Kier alpha value is -3.81. The number of hydrogen-bond acceptors (Lipinski definition) is 7. The van der Waals surface area contributed by atoms with Crippen LogP contribution in [0.3, 0.4) is 0 Å². The van der Waals surface area contributed by atoms with Gasteiger partial charge in [0, 0.05) is 23.7 Å². The molecule has 0 aliphatic rings. The SMILES string of the molecule is CO/N=C(/C(=O)OC)c1ccccc1COc1c(C)c(-c2ccc(OC)cc2)nn1C. The minimum atomic E-state index is -0.590. The molecule has 0 saturated carbocycles. The Balaban J connectivity index is 1.88. The van der Waals surface area contributed by atoms with E-state index in [1.54, 1.807) is 17.9 Å². The van der Waals surface area contributed by atoms with Crippen LogP contribution in [-0.4, -0.2) is 42.8 Å². The molecule has 0 N–H and O–H groups in total. The molecule has 0 unspecified atom stereocenters. The zero-order valence-corrected chi connectivity index (χ0v) is 18.2. The highest BCUT2D eigenvalue weighted by atomic mass is 16.6. The molecule has 8 heteroatoms. The molecule has 3 aromatic rings. The minimum absolute atomic E-state index is 0.0739. The average molecular weight is 423 g/mol. The summed E-state index contributed by atoms with van der Waals surface area (Å²) in [6.45, 7) is 2.17. The average Bonchev–Trinajstić information content (AvgIpc) is 3.09. The van der Waals surface area contributed by atoms with Gasteiger partial charge in [-0.25, -0.2) is 9.48 Å². The van der Waals surface area contributed by atoms with E-state index >= 15 is 0 Å². The first-order chi connectivity index (χ1) is 15.0. The topological polar surface area (TPSA) is 84.2 Å². The van der Waals surface area contributed by atoms with E-state index in [2.05, 4.69) is 10.3 Å². The van der Waals surface area contributed by atoms with Gasteiger partial charge in [-0.3, -0.25) is 0 Å². The molecule has 8 nitrogen and oxygen atoms in total. The number of ether oxygens (including phenoxy) is 3. The Labute approximate surface area is 181 Å². The van der Waals surface area contributed by atoms with Crippen LogP contribution in [0.25, 0.3) is 11.3 Å². The third-order valence-corrected chi connectivity index (χ3v) is 4.78. The summed E-state index contributed by atoms with van der Waals surface area (Å²) in [5.41, 5.74) is 4.10. The predicted octanol–water partition coefficient (Wildman–Crippen LogP) is 3.51. The first-order valence-corrected chi connectivity index (χ1v) is 9.58. The zero-order valence-electron chi connectivity index (χ0n) is 18.2. The molecule has 0 aliphatic heterocycles. The van der Waals surface area contributed by atoms with E-state index in [1.807, 2.05) is 56.4 Å². The Morgan fingerprint density at radius 3 is 2.42 bits per heavy atom. The van der Waals surface area contributed by atoms with Crippen molar-refractivity contribution in [2.24, 2.45) is 12.2 Å². The first kappa shape index (κ1) is 21.9. The summed E-state index contributed by atoms with van der Waals surface area (Å²) in [7, 11) is 6.13. The number of esters is 1. The van der Waals surface area contributed by atoms with E-state index in [4.69, 9.17) is 19.0 Å². The highest BCUT2D eigenvalue weighted by molar-refractivity contribution is 6.43. The van der Waals surface area contributed by atoms with Crippen LogP contribution in [0.1, 0.15) is 16.7 Å². The van der Waals surface area contributed by atoms with Crippen LogP contribution in [0.15, 0.2) is 53.7 Å². The monoisotopic (exact) mass is 423 g/mol. The van der Waals surface area contributed by atoms with E-state index in [0.717, 1.165) is 28.1 Å². The summed E-state index contributed by atoms with van der Waals surface area (Å²) in [6, 6.07) is 15.0. The first-order valence-electron chi connectivity index (χ1n) is 9.58. The molecule has 31 heavy (non-hydrogen) atoms. The second-order valence-corrected chi connectivity index (χ2v) is 6.69. The van der Waals surface area contributed by atoms with Crippen molar-refractivity contribution in [1.29, 1.82) is 0 Å². The van der Waals surface area contributed by atoms with Crippen LogP contribution < -0.4 is 9.47 Å². The van der Waals surface area contributed by atoms with Gasteiger partial charge in [-0.15, -0.1) is 0 Å². The summed E-state index contributed by atoms with van der Waals surface area (Å²) in [5.74, 6) is 0.821. The molecular formula is C23H25N3O5. The number of carbonyl (C=O) groups is 1. The van der Waals surface area contributed by atoms with Crippen LogP contribution in [0.5, 0.6) is 11.6 Å². The fraction of sp³-hybridized carbons (Fsp3) is 0.261. The van der Waals surface area contributed by atoms with E-state index in [1.165, 1.54) is 14.2 Å². The van der Waals surface area contributed by atoms with Crippen LogP contribution in [0.4, 0.5) is 0 Å². The number of carbonyl (C=O) groups excluding carboxylic acids is 1. The largest absolute Gasteiger partial charge is 0.497 e.